The zero-order chi connectivity index (χ0) is 17.4. The highest BCUT2D eigenvalue weighted by Crippen LogP contribution is 2.67. The van der Waals surface area contributed by atoms with E-state index in [0.717, 1.165) is 51.6 Å². The molecule has 4 nitrogen and oxygen atoms in total. The van der Waals surface area contributed by atoms with Crippen LogP contribution in [-0.2, 0) is 9.47 Å². The predicted molar refractivity (Wildman–Crippen MR) is 91.4 cm³/mol. The molecule has 1 aliphatic heterocycles. The highest BCUT2D eigenvalue weighted by molar-refractivity contribution is 5.15. The molecular formula is C20H34O4. The fourth-order valence-electron chi connectivity index (χ4n) is 7.10. The second-order valence-corrected chi connectivity index (χ2v) is 9.88. The maximum atomic E-state index is 11.2. The van der Waals surface area contributed by atoms with Gasteiger partial charge in [0.05, 0.1) is 24.4 Å². The van der Waals surface area contributed by atoms with Gasteiger partial charge >= 0.3 is 0 Å². The van der Waals surface area contributed by atoms with Crippen LogP contribution in [0, 0.1) is 22.7 Å². The highest BCUT2D eigenvalue weighted by atomic mass is 16.7. The van der Waals surface area contributed by atoms with Crippen LogP contribution in [-0.4, -0.2) is 40.4 Å². The Labute approximate surface area is 145 Å². The molecule has 0 aromatic rings. The second-order valence-electron chi connectivity index (χ2n) is 9.88. The Morgan fingerprint density at radius 3 is 2.33 bits per heavy atom. The molecule has 3 saturated carbocycles. The first kappa shape index (κ1) is 17.3. The first-order valence-electron chi connectivity index (χ1n) is 9.84. The summed E-state index contributed by atoms with van der Waals surface area (Å²) in [5.74, 6) is 0.236. The van der Waals surface area contributed by atoms with E-state index in [0.29, 0.717) is 5.92 Å². The molecule has 0 bridgehead atoms. The van der Waals surface area contributed by atoms with Crippen molar-refractivity contribution in [3.05, 3.63) is 0 Å². The maximum absolute atomic E-state index is 11.2. The zero-order valence-electron chi connectivity index (χ0n) is 15.7. The van der Waals surface area contributed by atoms with E-state index in [1.165, 1.54) is 0 Å². The molecule has 4 fully saturated rings. The minimum Gasteiger partial charge on any atom is -0.390 e. The van der Waals surface area contributed by atoms with Gasteiger partial charge in [-0.05, 0) is 81.5 Å². The van der Waals surface area contributed by atoms with Gasteiger partial charge in [-0.15, -0.1) is 0 Å². The molecule has 0 spiro atoms. The van der Waals surface area contributed by atoms with Gasteiger partial charge in [0.1, 0.15) is 0 Å². The number of hydrogen-bond donors (Lipinski definition) is 2. The first-order chi connectivity index (χ1) is 11.1. The van der Waals surface area contributed by atoms with Crippen LogP contribution in [0.25, 0.3) is 0 Å². The number of aliphatic hydroxyl groups is 2. The van der Waals surface area contributed by atoms with E-state index in [4.69, 9.17) is 9.47 Å². The number of aliphatic hydroxyl groups excluding tert-OH is 1. The van der Waals surface area contributed by atoms with Crippen LogP contribution < -0.4 is 0 Å². The molecule has 24 heavy (non-hydrogen) atoms. The van der Waals surface area contributed by atoms with Crippen molar-refractivity contribution >= 4 is 0 Å². The molecule has 0 amide bonds. The third kappa shape index (κ3) is 2.19. The minimum atomic E-state index is -0.865. The lowest BCUT2D eigenvalue weighted by Crippen LogP contribution is -2.63. The molecule has 2 N–H and O–H groups in total. The van der Waals surface area contributed by atoms with Crippen LogP contribution in [0.1, 0.15) is 72.6 Å². The van der Waals surface area contributed by atoms with E-state index >= 15 is 0 Å². The normalized spacial score (nSPS) is 56.8. The molecule has 4 aliphatic rings. The number of fused-ring (bicyclic) bond motifs is 5. The molecule has 3 aliphatic carbocycles. The Kier molecular flexibility index (Phi) is 3.73. The lowest BCUT2D eigenvalue weighted by atomic mass is 9.44. The van der Waals surface area contributed by atoms with Crippen LogP contribution in [0.4, 0.5) is 0 Å². The van der Waals surface area contributed by atoms with E-state index in [9.17, 15) is 10.2 Å². The molecule has 0 radical (unpaired) electrons. The predicted octanol–water partition coefficient (Wildman–Crippen LogP) is 3.25. The summed E-state index contributed by atoms with van der Waals surface area (Å²) >= 11 is 0. The van der Waals surface area contributed by atoms with Crippen LogP contribution >= 0.6 is 0 Å². The molecule has 4 rings (SSSR count). The van der Waals surface area contributed by atoms with E-state index in [1.54, 1.807) is 0 Å². The van der Waals surface area contributed by atoms with Gasteiger partial charge in [0.2, 0.25) is 0 Å². The summed E-state index contributed by atoms with van der Waals surface area (Å²) in [5, 5.41) is 21.6. The summed E-state index contributed by atoms with van der Waals surface area (Å²) in [6, 6.07) is 0. The topological polar surface area (TPSA) is 58.9 Å². The van der Waals surface area contributed by atoms with Gasteiger partial charge in [-0.3, -0.25) is 0 Å². The maximum Gasteiger partial charge on any atom is 0.163 e. The summed E-state index contributed by atoms with van der Waals surface area (Å²) in [6.45, 7) is 9.56. The van der Waals surface area contributed by atoms with Gasteiger partial charge in [-0.2, -0.15) is 0 Å². The van der Waals surface area contributed by atoms with Gasteiger partial charge in [0.15, 0.2) is 5.79 Å². The van der Waals surface area contributed by atoms with Crippen molar-refractivity contribution in [2.75, 3.05) is 6.61 Å². The minimum absolute atomic E-state index is 0.0908. The summed E-state index contributed by atoms with van der Waals surface area (Å²) in [4.78, 5) is 0. The van der Waals surface area contributed by atoms with Gasteiger partial charge < -0.3 is 19.7 Å². The second kappa shape index (κ2) is 5.18. The van der Waals surface area contributed by atoms with Crippen molar-refractivity contribution < 1.29 is 19.7 Å². The van der Waals surface area contributed by atoms with Crippen LogP contribution in [0.3, 0.4) is 0 Å². The van der Waals surface area contributed by atoms with Crippen molar-refractivity contribution in [3.8, 4) is 0 Å². The fourth-order valence-corrected chi connectivity index (χ4v) is 7.10. The molecule has 0 aromatic carbocycles. The fraction of sp³-hybridized carbons (Fsp3) is 1.00. The van der Waals surface area contributed by atoms with Gasteiger partial charge in [-0.1, -0.05) is 13.8 Å². The van der Waals surface area contributed by atoms with Gasteiger partial charge in [-0.25, -0.2) is 0 Å². The number of hydrogen-bond acceptors (Lipinski definition) is 4. The number of rotatable bonds is 0. The summed E-state index contributed by atoms with van der Waals surface area (Å²) < 4.78 is 12.4. The van der Waals surface area contributed by atoms with E-state index in [2.05, 4.69) is 13.8 Å². The number of ether oxygens (including phenoxy) is 2. The Morgan fingerprint density at radius 1 is 0.833 bits per heavy atom. The first-order valence-corrected chi connectivity index (χ1v) is 9.84. The molecule has 138 valence electrons. The molecule has 1 heterocycles. The smallest absolute Gasteiger partial charge is 0.163 e. The molecule has 7 unspecified atom stereocenters. The quantitative estimate of drug-likeness (QED) is 0.712. The van der Waals surface area contributed by atoms with Crippen LogP contribution in [0.5, 0.6) is 0 Å². The monoisotopic (exact) mass is 338 g/mol. The van der Waals surface area contributed by atoms with E-state index in [1.807, 2.05) is 13.8 Å². The van der Waals surface area contributed by atoms with Crippen molar-refractivity contribution in [1.29, 1.82) is 0 Å². The van der Waals surface area contributed by atoms with E-state index in [-0.39, 0.29) is 22.9 Å². The Bertz CT molecular complexity index is 520. The summed E-state index contributed by atoms with van der Waals surface area (Å²) in [5.41, 5.74) is -0.682. The lowest BCUT2D eigenvalue weighted by Gasteiger charge is -2.63. The standard InChI is InChI=1S/C20H34O4/c1-17(2)23-12-11-19(4)13-7-10-20(22)14(5-6-15(20)21)18(13,3)9-8-16(19)24-17/h13-16,21-22H,5-12H2,1-4H3. The van der Waals surface area contributed by atoms with Gasteiger partial charge in [0, 0.05) is 0 Å². The average Bonchev–Trinajstić information content (AvgIpc) is 2.72. The third-order valence-corrected chi connectivity index (χ3v) is 8.33. The molecule has 1 saturated heterocycles. The summed E-state index contributed by atoms with van der Waals surface area (Å²) in [7, 11) is 0. The van der Waals surface area contributed by atoms with Crippen molar-refractivity contribution in [2.24, 2.45) is 22.7 Å². The Morgan fingerprint density at radius 2 is 1.58 bits per heavy atom. The SMILES string of the molecule is CC1(C)OCCC2(C)C(CCC3(C)C2CCC2(O)C(O)CCC32)O1. The van der Waals surface area contributed by atoms with Crippen LogP contribution in [0.15, 0.2) is 0 Å². The molecule has 7 atom stereocenters. The Hall–Kier alpha value is -0.160. The van der Waals surface area contributed by atoms with Crippen molar-refractivity contribution in [2.45, 2.75) is 96.2 Å². The molecular weight excluding hydrogens is 304 g/mol. The Balaban J connectivity index is 1.69. The third-order valence-electron chi connectivity index (χ3n) is 8.33. The lowest BCUT2D eigenvalue weighted by molar-refractivity contribution is -0.264. The average molecular weight is 338 g/mol. The summed E-state index contributed by atoms with van der Waals surface area (Å²) in [6.07, 6.45) is 6.22. The molecule has 4 heteroatoms. The van der Waals surface area contributed by atoms with Crippen LogP contribution in [0.2, 0.25) is 0 Å². The van der Waals surface area contributed by atoms with Crippen molar-refractivity contribution in [3.63, 3.8) is 0 Å². The van der Waals surface area contributed by atoms with Gasteiger partial charge in [0.25, 0.3) is 0 Å². The largest absolute Gasteiger partial charge is 0.390 e. The highest BCUT2D eigenvalue weighted by Gasteiger charge is 2.66. The zero-order valence-corrected chi connectivity index (χ0v) is 15.7. The molecule has 0 aromatic heterocycles. The van der Waals surface area contributed by atoms with E-state index < -0.39 is 17.5 Å². The van der Waals surface area contributed by atoms with Crippen molar-refractivity contribution in [1.82, 2.24) is 0 Å².